The van der Waals surface area contributed by atoms with Crippen molar-refractivity contribution in [3.63, 3.8) is 0 Å². The zero-order chi connectivity index (χ0) is 11.1. The van der Waals surface area contributed by atoms with E-state index in [1.54, 1.807) is 0 Å². The van der Waals surface area contributed by atoms with Crippen molar-refractivity contribution in [2.24, 2.45) is 22.7 Å². The van der Waals surface area contributed by atoms with Gasteiger partial charge in [-0.05, 0) is 36.1 Å². The van der Waals surface area contributed by atoms with Gasteiger partial charge in [0.05, 0.1) is 0 Å². The Hall–Kier alpha value is -0.0400. The molecule has 0 radical (unpaired) electrons. The third-order valence-electron chi connectivity index (χ3n) is 4.96. The van der Waals surface area contributed by atoms with E-state index in [-0.39, 0.29) is 0 Å². The molecule has 84 valence electrons. The molecule has 0 aliphatic heterocycles. The van der Waals surface area contributed by atoms with Crippen molar-refractivity contribution >= 4 is 0 Å². The van der Waals surface area contributed by atoms with Gasteiger partial charge in [0.1, 0.15) is 0 Å². The lowest BCUT2D eigenvalue weighted by molar-refractivity contribution is 0.400. The SMILES string of the molecule is CC(C)C(C)NCC1C(C)(C)C1(C)C. The van der Waals surface area contributed by atoms with E-state index in [2.05, 4.69) is 53.8 Å². The molecule has 1 rings (SSSR count). The molecule has 0 amide bonds. The molecule has 0 bridgehead atoms. The molecule has 0 saturated heterocycles. The van der Waals surface area contributed by atoms with E-state index in [9.17, 15) is 0 Å². The van der Waals surface area contributed by atoms with Gasteiger partial charge in [-0.1, -0.05) is 41.5 Å². The van der Waals surface area contributed by atoms with Crippen LogP contribution in [0.15, 0.2) is 0 Å². The van der Waals surface area contributed by atoms with E-state index in [0.717, 1.165) is 11.8 Å². The monoisotopic (exact) mass is 197 g/mol. The predicted molar refractivity (Wildman–Crippen MR) is 63.4 cm³/mol. The Morgan fingerprint density at radius 3 is 1.71 bits per heavy atom. The highest BCUT2D eigenvalue weighted by Crippen LogP contribution is 2.67. The van der Waals surface area contributed by atoms with Crippen LogP contribution in [0.4, 0.5) is 0 Å². The van der Waals surface area contributed by atoms with E-state index in [1.807, 2.05) is 0 Å². The van der Waals surface area contributed by atoms with Gasteiger partial charge in [-0.15, -0.1) is 0 Å². The Balaban J connectivity index is 2.36. The fourth-order valence-corrected chi connectivity index (χ4v) is 2.38. The van der Waals surface area contributed by atoms with Crippen LogP contribution in [-0.2, 0) is 0 Å². The van der Waals surface area contributed by atoms with Gasteiger partial charge in [0.2, 0.25) is 0 Å². The Morgan fingerprint density at radius 2 is 1.43 bits per heavy atom. The zero-order valence-corrected chi connectivity index (χ0v) is 10.9. The molecule has 1 aliphatic rings. The average Bonchev–Trinajstić information content (AvgIpc) is 2.39. The maximum atomic E-state index is 3.66. The molecule has 14 heavy (non-hydrogen) atoms. The molecule has 1 unspecified atom stereocenters. The minimum absolute atomic E-state index is 0.525. The highest BCUT2D eigenvalue weighted by molar-refractivity contribution is 5.12. The second kappa shape index (κ2) is 3.52. The number of nitrogens with one attached hydrogen (secondary N) is 1. The van der Waals surface area contributed by atoms with Crippen molar-refractivity contribution in [2.75, 3.05) is 6.54 Å². The molecular formula is C13H27N. The van der Waals surface area contributed by atoms with Gasteiger partial charge in [0, 0.05) is 6.04 Å². The lowest BCUT2D eigenvalue weighted by atomic mass is 10.0. The molecule has 1 fully saturated rings. The predicted octanol–water partition coefficient (Wildman–Crippen LogP) is 3.30. The normalized spacial score (nSPS) is 26.6. The first-order chi connectivity index (χ1) is 6.21. The third-order valence-corrected chi connectivity index (χ3v) is 4.96. The average molecular weight is 197 g/mol. The van der Waals surface area contributed by atoms with Crippen LogP contribution in [0.25, 0.3) is 0 Å². The minimum atomic E-state index is 0.525. The highest BCUT2D eigenvalue weighted by atomic mass is 14.9. The molecule has 0 aromatic carbocycles. The van der Waals surface area contributed by atoms with E-state index >= 15 is 0 Å². The molecule has 1 aliphatic carbocycles. The summed E-state index contributed by atoms with van der Waals surface area (Å²) in [4.78, 5) is 0. The second-order valence-corrected chi connectivity index (χ2v) is 6.44. The summed E-state index contributed by atoms with van der Waals surface area (Å²) >= 11 is 0. The van der Waals surface area contributed by atoms with Crippen molar-refractivity contribution in [3.05, 3.63) is 0 Å². The Morgan fingerprint density at radius 1 is 1.00 bits per heavy atom. The minimum Gasteiger partial charge on any atom is -0.314 e. The van der Waals surface area contributed by atoms with Crippen molar-refractivity contribution in [3.8, 4) is 0 Å². The summed E-state index contributed by atoms with van der Waals surface area (Å²) < 4.78 is 0. The van der Waals surface area contributed by atoms with Gasteiger partial charge < -0.3 is 5.32 Å². The van der Waals surface area contributed by atoms with Gasteiger partial charge in [0.25, 0.3) is 0 Å². The van der Waals surface area contributed by atoms with Crippen molar-refractivity contribution in [2.45, 2.75) is 54.5 Å². The number of hydrogen-bond donors (Lipinski definition) is 1. The van der Waals surface area contributed by atoms with Gasteiger partial charge in [0.15, 0.2) is 0 Å². The standard InChI is InChI=1S/C13H27N/c1-9(2)10(3)14-8-11-12(4,5)13(11,6)7/h9-11,14H,8H2,1-7H3. The van der Waals surface area contributed by atoms with Gasteiger partial charge in [-0.2, -0.15) is 0 Å². The zero-order valence-electron chi connectivity index (χ0n) is 10.9. The van der Waals surface area contributed by atoms with Crippen LogP contribution in [0, 0.1) is 22.7 Å². The van der Waals surface area contributed by atoms with Crippen LogP contribution in [0.1, 0.15) is 48.5 Å². The van der Waals surface area contributed by atoms with Crippen LogP contribution in [-0.4, -0.2) is 12.6 Å². The largest absolute Gasteiger partial charge is 0.314 e. The first kappa shape index (κ1) is 12.0. The summed E-state index contributed by atoms with van der Waals surface area (Å²) in [6.45, 7) is 17.6. The molecule has 1 atom stereocenters. The van der Waals surface area contributed by atoms with Crippen LogP contribution in [0.2, 0.25) is 0 Å². The molecule has 0 aromatic rings. The maximum absolute atomic E-state index is 3.66. The number of rotatable bonds is 4. The fourth-order valence-electron chi connectivity index (χ4n) is 2.38. The molecule has 1 heteroatoms. The molecular weight excluding hydrogens is 170 g/mol. The van der Waals surface area contributed by atoms with Crippen LogP contribution in [0.5, 0.6) is 0 Å². The van der Waals surface area contributed by atoms with Crippen molar-refractivity contribution in [1.29, 1.82) is 0 Å². The first-order valence-electron chi connectivity index (χ1n) is 5.94. The molecule has 1 saturated carbocycles. The summed E-state index contributed by atoms with van der Waals surface area (Å²) in [5.74, 6) is 1.58. The van der Waals surface area contributed by atoms with Crippen LogP contribution >= 0.6 is 0 Å². The summed E-state index contributed by atoms with van der Waals surface area (Å²) in [5.41, 5.74) is 1.05. The molecule has 1 nitrogen and oxygen atoms in total. The molecule has 0 aromatic heterocycles. The first-order valence-corrected chi connectivity index (χ1v) is 5.94. The highest BCUT2D eigenvalue weighted by Gasteiger charge is 2.63. The lowest BCUT2D eigenvalue weighted by Crippen LogP contribution is -2.33. The quantitative estimate of drug-likeness (QED) is 0.729. The lowest BCUT2D eigenvalue weighted by Gasteiger charge is -2.18. The summed E-state index contributed by atoms with van der Waals surface area (Å²) in [6.07, 6.45) is 0. The Labute approximate surface area is 89.7 Å². The van der Waals surface area contributed by atoms with E-state index < -0.39 is 0 Å². The third kappa shape index (κ3) is 1.84. The van der Waals surface area contributed by atoms with E-state index in [4.69, 9.17) is 0 Å². The van der Waals surface area contributed by atoms with Gasteiger partial charge >= 0.3 is 0 Å². The van der Waals surface area contributed by atoms with Crippen molar-refractivity contribution in [1.82, 2.24) is 5.32 Å². The van der Waals surface area contributed by atoms with Gasteiger partial charge in [-0.3, -0.25) is 0 Å². The topological polar surface area (TPSA) is 12.0 Å². The van der Waals surface area contributed by atoms with Crippen LogP contribution < -0.4 is 5.32 Å². The Kier molecular flexibility index (Phi) is 3.02. The summed E-state index contributed by atoms with van der Waals surface area (Å²) in [7, 11) is 0. The second-order valence-electron chi connectivity index (χ2n) is 6.44. The number of hydrogen-bond acceptors (Lipinski definition) is 1. The van der Waals surface area contributed by atoms with Crippen LogP contribution in [0.3, 0.4) is 0 Å². The summed E-state index contributed by atoms with van der Waals surface area (Å²) in [5, 5.41) is 3.66. The molecule has 0 heterocycles. The summed E-state index contributed by atoms with van der Waals surface area (Å²) in [6, 6.07) is 0.641. The smallest absolute Gasteiger partial charge is 0.00618 e. The van der Waals surface area contributed by atoms with Crippen molar-refractivity contribution < 1.29 is 0 Å². The van der Waals surface area contributed by atoms with E-state index in [0.29, 0.717) is 16.9 Å². The molecule has 1 N–H and O–H groups in total. The fraction of sp³-hybridized carbons (Fsp3) is 1.00. The van der Waals surface area contributed by atoms with Gasteiger partial charge in [-0.25, -0.2) is 0 Å². The molecule has 0 spiro atoms. The van der Waals surface area contributed by atoms with E-state index in [1.165, 1.54) is 6.54 Å². The maximum Gasteiger partial charge on any atom is 0.00618 e. The Bertz CT molecular complexity index is 189.